The number of aromatic amines is 4. The number of H-pyrrole nitrogens is 4. The Balaban J connectivity index is 0.627. The van der Waals surface area contributed by atoms with E-state index in [-0.39, 0.29) is 26.4 Å². The molecule has 0 bridgehead atoms. The van der Waals surface area contributed by atoms with E-state index in [0.29, 0.717) is 16.7 Å². The van der Waals surface area contributed by atoms with Crippen molar-refractivity contribution in [1.29, 1.82) is 0 Å². The van der Waals surface area contributed by atoms with Crippen LogP contribution >= 0.6 is 7.82 Å². The molecular formula is C104H83N8O24P. The highest BCUT2D eigenvalue weighted by Crippen LogP contribution is 2.49. The minimum absolute atomic E-state index is 0.117. The molecule has 0 spiro atoms. The minimum atomic E-state index is -5.64. The Labute approximate surface area is 771 Å². The maximum atomic E-state index is 14.8. The number of benzene rings is 16. The van der Waals surface area contributed by atoms with Crippen LogP contribution in [0.5, 0.6) is 0 Å². The number of rotatable bonds is 28. The van der Waals surface area contributed by atoms with Crippen molar-refractivity contribution < 1.29 is 76.1 Å². The highest BCUT2D eigenvalue weighted by Gasteiger charge is 2.56. The summed E-state index contributed by atoms with van der Waals surface area (Å²) >= 11 is 0. The molecule has 7 N–H and O–H groups in total. The number of hydrogen-bond acceptors (Lipinski definition) is 22. The third-order valence-electron chi connectivity index (χ3n) is 27.6. The van der Waals surface area contributed by atoms with Crippen molar-refractivity contribution >= 4 is 137 Å². The molecule has 16 aromatic carbocycles. The number of aliphatic hydroxyl groups excluding tert-OH is 1. The van der Waals surface area contributed by atoms with Gasteiger partial charge in [-0.1, -0.05) is 218 Å². The number of phosphoric acid groups is 1. The van der Waals surface area contributed by atoms with E-state index in [1.807, 2.05) is 194 Å². The predicted octanol–water partition coefficient (Wildman–Crippen LogP) is 12.3. The van der Waals surface area contributed by atoms with Crippen molar-refractivity contribution in [3.05, 3.63) is 373 Å². The molecule has 0 saturated carbocycles. The van der Waals surface area contributed by atoms with Crippen LogP contribution in [0.3, 0.4) is 0 Å². The minimum Gasteiger partial charge on any atom is -0.394 e. The van der Waals surface area contributed by atoms with Gasteiger partial charge in [0, 0.05) is 49.1 Å². The van der Waals surface area contributed by atoms with Crippen LogP contribution in [0.2, 0.25) is 0 Å². The molecule has 4 aliphatic rings. The number of aliphatic hydroxyl groups is 1. The largest absolute Gasteiger partial charge is 0.470 e. The van der Waals surface area contributed by atoms with Crippen LogP contribution in [0.1, 0.15) is 47.2 Å². The average molecular weight is 1860 g/mol. The van der Waals surface area contributed by atoms with Gasteiger partial charge in [0.1, 0.15) is 73.2 Å². The number of nitrogens with one attached hydrogen (secondary N) is 4. The average Bonchev–Trinajstić information content (AvgIpc) is 1.53. The molecule has 0 aliphatic carbocycles. The topological polar surface area (TPSA) is 408 Å². The van der Waals surface area contributed by atoms with Gasteiger partial charge >= 0.3 is 30.6 Å². The van der Waals surface area contributed by atoms with Crippen LogP contribution in [0.15, 0.2) is 306 Å². The number of phosphoric ester groups is 1. The van der Waals surface area contributed by atoms with Gasteiger partial charge in [-0.25, -0.2) is 23.7 Å². The SMILES string of the molecule is O=c1ccn([C@@H]2O[C@H](CO)[C@@H](OC[C@H]3O[C@@H](n4ccc(=O)[nH]c4=O)[C@H](OCc4ccc5ccc6cccc7ccc4c5c67)[C@@H]3OC[C@H]3O[C@@H](n4ccc(=O)[nH]c4=O)[C@H](OCc4ccc5ccc6cccc7ccc4c5c67)[C@@H]3OC[C@H]3O[C@@H](n4ccc(=O)[nH]c4=O)[C@H](OCc4ccc5ccc6cccc7ccc4c5c67)[C@@H]3OP(=O)(O)O)[C@H]2OCc2ccc3ccc4cccc5ccc2c3c45)c(=O)[nH]1. The Hall–Kier alpha value is -14.0. The quantitative estimate of drug-likeness (QED) is 0.0177. The predicted molar refractivity (Wildman–Crippen MR) is 509 cm³/mol. The molecule has 0 radical (unpaired) electrons. The number of aromatic nitrogens is 8. The molecule has 20 aromatic rings. The highest BCUT2D eigenvalue weighted by atomic mass is 31.2. The van der Waals surface area contributed by atoms with Gasteiger partial charge in [0.15, 0.2) is 24.9 Å². The van der Waals surface area contributed by atoms with E-state index in [2.05, 4.69) is 44.2 Å². The zero-order chi connectivity index (χ0) is 92.9. The molecular weight excluding hydrogens is 1780 g/mol. The van der Waals surface area contributed by atoms with Gasteiger partial charge in [0.05, 0.1) is 52.9 Å². The van der Waals surface area contributed by atoms with Gasteiger partial charge in [0.2, 0.25) is 0 Å². The molecule has 4 aromatic heterocycles. The molecule has 8 heterocycles. The summed E-state index contributed by atoms with van der Waals surface area (Å²) in [6, 6.07) is 76.6. The Bertz CT molecular complexity index is 8670. The van der Waals surface area contributed by atoms with E-state index in [9.17, 15) is 57.8 Å². The molecule has 4 saturated heterocycles. The van der Waals surface area contributed by atoms with Crippen molar-refractivity contribution in [2.24, 2.45) is 0 Å². The second-order valence-electron chi connectivity index (χ2n) is 35.4. The fourth-order valence-electron chi connectivity index (χ4n) is 21.4. The summed E-state index contributed by atoms with van der Waals surface area (Å²) in [4.78, 5) is 142. The Morgan fingerprint density at radius 1 is 0.263 bits per heavy atom. The van der Waals surface area contributed by atoms with Crippen molar-refractivity contribution in [2.45, 2.75) is 125 Å². The van der Waals surface area contributed by atoms with Gasteiger partial charge in [-0.05, 0) is 152 Å². The summed E-state index contributed by atoms with van der Waals surface area (Å²) < 4.78 is 102. The van der Waals surface area contributed by atoms with E-state index >= 15 is 0 Å². The zero-order valence-electron chi connectivity index (χ0n) is 72.4. The van der Waals surface area contributed by atoms with Gasteiger partial charge in [0.25, 0.3) is 22.2 Å². The van der Waals surface area contributed by atoms with Crippen LogP contribution in [-0.2, 0) is 87.6 Å². The lowest BCUT2D eigenvalue weighted by Crippen LogP contribution is -2.46. The van der Waals surface area contributed by atoms with E-state index in [1.54, 1.807) is 0 Å². The third kappa shape index (κ3) is 15.2. The number of ether oxygens (including phenoxy) is 11. The number of nitrogens with zero attached hydrogens (tertiary/aromatic N) is 4. The van der Waals surface area contributed by atoms with Gasteiger partial charge < -0.3 is 67.0 Å². The zero-order valence-corrected chi connectivity index (χ0v) is 73.3. The van der Waals surface area contributed by atoms with Crippen molar-refractivity contribution in [3.63, 3.8) is 0 Å². The first-order chi connectivity index (χ1) is 66.7. The highest BCUT2D eigenvalue weighted by molar-refractivity contribution is 7.46. The second kappa shape index (κ2) is 34.4. The normalized spacial score (nSPS) is 23.3. The summed E-state index contributed by atoms with van der Waals surface area (Å²) in [6.45, 7) is -3.43. The molecule has 688 valence electrons. The van der Waals surface area contributed by atoms with E-state index in [1.165, 1.54) is 18.6 Å². The molecule has 4 aliphatic heterocycles. The smallest absolute Gasteiger partial charge is 0.394 e. The van der Waals surface area contributed by atoms with Crippen molar-refractivity contribution in [1.82, 2.24) is 38.2 Å². The monoisotopic (exact) mass is 1860 g/mol. The third-order valence-corrected chi connectivity index (χ3v) is 28.2. The first-order valence-electron chi connectivity index (χ1n) is 44.9. The summed E-state index contributed by atoms with van der Waals surface area (Å²) in [7, 11) is -5.64. The Kier molecular flexibility index (Phi) is 21.6. The lowest BCUT2D eigenvalue weighted by atomic mass is 9.92. The van der Waals surface area contributed by atoms with Gasteiger partial charge in [-0.2, -0.15) is 0 Å². The van der Waals surface area contributed by atoms with Crippen LogP contribution in [0.4, 0.5) is 0 Å². The molecule has 0 unspecified atom stereocenters. The van der Waals surface area contributed by atoms with Gasteiger partial charge in [-0.3, -0.25) is 61.9 Å². The molecule has 33 heteroatoms. The van der Waals surface area contributed by atoms with E-state index < -0.39 is 177 Å². The summed E-state index contributed by atoms with van der Waals surface area (Å²) in [5.74, 6) is 0. The Morgan fingerprint density at radius 3 is 0.730 bits per heavy atom. The molecule has 16 atom stereocenters. The molecule has 24 rings (SSSR count). The summed E-state index contributed by atoms with van der Waals surface area (Å²) in [5, 5.41) is 34.6. The lowest BCUT2D eigenvalue weighted by Gasteiger charge is -2.30. The van der Waals surface area contributed by atoms with Crippen LogP contribution in [0.25, 0.3) is 129 Å². The molecule has 32 nitrogen and oxygen atoms in total. The molecule has 0 amide bonds. The lowest BCUT2D eigenvalue weighted by molar-refractivity contribution is -0.148. The molecule has 137 heavy (non-hydrogen) atoms. The standard InChI is InChI=1S/C104H83N8O24P/c113-45-73-89(93(97(132-73)109-41-37-77(114)105-101(109)118)125-46-65-25-21-61-17-13-53-5-1-9-57-29-33-69(65)85(61)81(53)57)129-50-74-90(94(98(133-74)110-42-38-78(115)106-102(110)119)126-47-66-26-22-62-18-14-54-6-2-10-58-30-34-70(66)86(62)82(54)58)130-51-75-91(95(99(134-75)111-43-39-79(116)107-103(111)120)127-48-67-27-23-63-19-15-55-7-3-11-59-31-35-71(67)87(63)83(55)59)131-52-76-92(136-137(122,123)124)96(100(135-76)112-44-40-80(117)108-104(112)121)128-49-68-28-24-64-20-16-56-8-4-12-60-32-36-72(68)88(64)84(56)60/h1-44,73-76,89-100,113H,45-52H2,(H,105,114,118)(H,106,115,119)(H,107,116,120)(H,108,117,121)(H2,122,123,124)/t73-,74-,75-,76-,89-,90-,91-,92-,93-,94-,95-,96-,97-,98-,99-,100-/m1/s1. The maximum Gasteiger partial charge on any atom is 0.470 e. The van der Waals surface area contributed by atoms with Crippen molar-refractivity contribution in [2.75, 3.05) is 26.4 Å². The summed E-state index contributed by atoms with van der Waals surface area (Å²) in [5.41, 5.74) is -3.97. The first kappa shape index (κ1) is 85.9. The first-order valence-corrected chi connectivity index (χ1v) is 46.4. The Morgan fingerprint density at radius 2 is 0.482 bits per heavy atom. The van der Waals surface area contributed by atoms with Crippen LogP contribution in [-0.4, -0.2) is 153 Å². The van der Waals surface area contributed by atoms with E-state index in [4.69, 9.17) is 56.6 Å². The van der Waals surface area contributed by atoms with Gasteiger partial charge in [-0.15, -0.1) is 0 Å². The maximum absolute atomic E-state index is 14.8. The van der Waals surface area contributed by atoms with Crippen molar-refractivity contribution in [3.8, 4) is 0 Å². The second-order valence-corrected chi connectivity index (χ2v) is 36.6. The fourth-order valence-corrected chi connectivity index (χ4v) is 22.0. The fraction of sp³-hybridized carbons (Fsp3) is 0.231. The summed E-state index contributed by atoms with van der Waals surface area (Å²) in [6.07, 6.45) is -19.1. The molecule has 4 fully saturated rings. The van der Waals surface area contributed by atoms with Crippen LogP contribution < -0.4 is 45.0 Å². The van der Waals surface area contributed by atoms with Crippen LogP contribution in [0, 0.1) is 0 Å². The number of hydrogen-bond donors (Lipinski definition) is 7. The van der Waals surface area contributed by atoms with E-state index in [0.717, 1.165) is 184 Å².